The van der Waals surface area contributed by atoms with Gasteiger partial charge in [-0.3, -0.25) is 10.1 Å². The summed E-state index contributed by atoms with van der Waals surface area (Å²) >= 11 is 5.02. The number of anilines is 1. The van der Waals surface area contributed by atoms with E-state index in [9.17, 15) is 4.79 Å². The van der Waals surface area contributed by atoms with Gasteiger partial charge in [0.05, 0.1) is 5.69 Å². The fourth-order valence-electron chi connectivity index (χ4n) is 2.49. The van der Waals surface area contributed by atoms with Crippen LogP contribution in [0.5, 0.6) is 0 Å². The third-order valence-corrected chi connectivity index (χ3v) is 5.42. The molecule has 0 atom stereocenters. The standard InChI is InChI=1S/C18H18BrN3O2S/c1-10(2)16-15(11(3)22-24-16)17(23)21-18-20-9-13(25-18)8-12-6-4-5-7-14(12)19/h4-7,9-10H,8H2,1-3H3,(H,20,21,23). The summed E-state index contributed by atoms with van der Waals surface area (Å²) in [5.41, 5.74) is 2.27. The number of rotatable bonds is 5. The minimum atomic E-state index is -0.232. The zero-order chi connectivity index (χ0) is 18.0. The molecule has 0 radical (unpaired) electrons. The molecule has 5 nitrogen and oxygen atoms in total. The van der Waals surface area contributed by atoms with Crippen molar-refractivity contribution in [3.05, 3.63) is 62.4 Å². The highest BCUT2D eigenvalue weighted by atomic mass is 79.9. The SMILES string of the molecule is Cc1noc(C(C)C)c1C(=O)Nc1ncc(Cc2ccccc2Br)s1. The Bertz CT molecular complexity index is 901. The highest BCUT2D eigenvalue weighted by molar-refractivity contribution is 9.10. The number of carbonyl (C=O) groups is 1. The fourth-order valence-corrected chi connectivity index (χ4v) is 3.75. The first kappa shape index (κ1) is 17.8. The smallest absolute Gasteiger partial charge is 0.262 e. The van der Waals surface area contributed by atoms with E-state index in [0.717, 1.165) is 15.8 Å². The first-order valence-electron chi connectivity index (χ1n) is 7.91. The summed E-state index contributed by atoms with van der Waals surface area (Å²) in [6.07, 6.45) is 2.56. The quantitative estimate of drug-likeness (QED) is 0.619. The number of nitrogens with one attached hydrogen (secondary N) is 1. The van der Waals surface area contributed by atoms with Crippen LogP contribution in [0.15, 0.2) is 39.5 Å². The molecule has 0 aliphatic heterocycles. The van der Waals surface area contributed by atoms with Gasteiger partial charge in [-0.05, 0) is 18.6 Å². The molecule has 3 rings (SSSR count). The highest BCUT2D eigenvalue weighted by Gasteiger charge is 2.23. The normalized spacial score (nSPS) is 11.1. The minimum absolute atomic E-state index is 0.0873. The van der Waals surface area contributed by atoms with Crippen LogP contribution in [0, 0.1) is 6.92 Å². The van der Waals surface area contributed by atoms with E-state index in [0.29, 0.717) is 22.1 Å². The fraction of sp³-hybridized carbons (Fsp3) is 0.278. The van der Waals surface area contributed by atoms with E-state index in [1.807, 2.05) is 32.0 Å². The largest absolute Gasteiger partial charge is 0.360 e. The molecular weight excluding hydrogens is 402 g/mol. The monoisotopic (exact) mass is 419 g/mol. The molecule has 130 valence electrons. The predicted octanol–water partition coefficient (Wildman–Crippen LogP) is 5.17. The maximum Gasteiger partial charge on any atom is 0.262 e. The Morgan fingerprint density at radius 3 is 2.84 bits per heavy atom. The van der Waals surface area contributed by atoms with Crippen molar-refractivity contribution in [2.24, 2.45) is 0 Å². The van der Waals surface area contributed by atoms with Crippen LogP contribution in [-0.2, 0) is 6.42 Å². The van der Waals surface area contributed by atoms with Gasteiger partial charge in [-0.1, -0.05) is 53.1 Å². The second kappa shape index (κ2) is 7.49. The van der Waals surface area contributed by atoms with Gasteiger partial charge in [0.15, 0.2) is 10.9 Å². The maximum atomic E-state index is 12.6. The van der Waals surface area contributed by atoms with Gasteiger partial charge < -0.3 is 4.52 Å². The number of nitrogens with zero attached hydrogens (tertiary/aromatic N) is 2. The van der Waals surface area contributed by atoms with Gasteiger partial charge in [-0.25, -0.2) is 4.98 Å². The van der Waals surface area contributed by atoms with Crippen LogP contribution in [0.3, 0.4) is 0 Å². The van der Waals surface area contributed by atoms with Crippen LogP contribution < -0.4 is 5.32 Å². The molecule has 0 bridgehead atoms. The van der Waals surface area contributed by atoms with Crippen molar-refractivity contribution < 1.29 is 9.32 Å². The molecule has 0 fully saturated rings. The average molecular weight is 420 g/mol. The maximum absolute atomic E-state index is 12.6. The van der Waals surface area contributed by atoms with Crippen LogP contribution in [0.2, 0.25) is 0 Å². The Hall–Kier alpha value is -1.99. The molecule has 1 N–H and O–H groups in total. The summed E-state index contributed by atoms with van der Waals surface area (Å²) in [6.45, 7) is 5.70. The number of carbonyl (C=O) groups excluding carboxylic acids is 1. The lowest BCUT2D eigenvalue weighted by Crippen LogP contribution is -2.14. The van der Waals surface area contributed by atoms with Crippen molar-refractivity contribution in [3.63, 3.8) is 0 Å². The van der Waals surface area contributed by atoms with Crippen LogP contribution in [-0.4, -0.2) is 16.0 Å². The Kier molecular flexibility index (Phi) is 5.34. The lowest BCUT2D eigenvalue weighted by atomic mass is 10.0. The molecule has 3 aromatic rings. The Labute approximate surface area is 158 Å². The topological polar surface area (TPSA) is 68.0 Å². The minimum Gasteiger partial charge on any atom is -0.360 e. The second-order valence-electron chi connectivity index (χ2n) is 6.02. The molecule has 1 aromatic carbocycles. The Morgan fingerprint density at radius 2 is 2.12 bits per heavy atom. The first-order chi connectivity index (χ1) is 12.0. The van der Waals surface area contributed by atoms with E-state index >= 15 is 0 Å². The van der Waals surface area contributed by atoms with Gasteiger partial charge in [-0.2, -0.15) is 0 Å². The number of hydrogen-bond donors (Lipinski definition) is 1. The molecule has 0 saturated heterocycles. The molecule has 0 unspecified atom stereocenters. The molecular formula is C18H18BrN3O2S. The van der Waals surface area contributed by atoms with E-state index in [-0.39, 0.29) is 11.8 Å². The number of hydrogen-bond acceptors (Lipinski definition) is 5. The lowest BCUT2D eigenvalue weighted by Gasteiger charge is -2.04. The zero-order valence-electron chi connectivity index (χ0n) is 14.2. The van der Waals surface area contributed by atoms with Crippen molar-refractivity contribution in [2.75, 3.05) is 5.32 Å². The third kappa shape index (κ3) is 3.99. The van der Waals surface area contributed by atoms with Crippen LogP contribution in [0.25, 0.3) is 0 Å². The van der Waals surface area contributed by atoms with Crippen molar-refractivity contribution in [1.82, 2.24) is 10.1 Å². The second-order valence-corrected chi connectivity index (χ2v) is 7.99. The molecule has 0 aliphatic rings. The van der Waals surface area contributed by atoms with Crippen molar-refractivity contribution >= 4 is 38.3 Å². The number of aromatic nitrogens is 2. The summed E-state index contributed by atoms with van der Waals surface area (Å²) in [5, 5.41) is 7.34. The number of thiazole rings is 1. The zero-order valence-corrected chi connectivity index (χ0v) is 16.6. The summed E-state index contributed by atoms with van der Waals surface area (Å²) in [4.78, 5) is 18.0. The van der Waals surface area contributed by atoms with Crippen molar-refractivity contribution in [1.29, 1.82) is 0 Å². The Morgan fingerprint density at radius 1 is 1.36 bits per heavy atom. The van der Waals surface area contributed by atoms with E-state index < -0.39 is 0 Å². The lowest BCUT2D eigenvalue weighted by molar-refractivity contribution is 0.102. The molecule has 25 heavy (non-hydrogen) atoms. The molecule has 7 heteroatoms. The molecule has 0 aliphatic carbocycles. The number of halogens is 1. The molecule has 1 amide bonds. The molecule has 0 saturated carbocycles. The van der Waals surface area contributed by atoms with Gasteiger partial charge in [0, 0.05) is 27.9 Å². The van der Waals surface area contributed by atoms with Gasteiger partial charge >= 0.3 is 0 Å². The van der Waals surface area contributed by atoms with Gasteiger partial charge in [0.2, 0.25) is 0 Å². The summed E-state index contributed by atoms with van der Waals surface area (Å²) in [6, 6.07) is 8.07. The summed E-state index contributed by atoms with van der Waals surface area (Å²) < 4.78 is 6.35. The third-order valence-electron chi connectivity index (χ3n) is 3.74. The van der Waals surface area contributed by atoms with E-state index in [4.69, 9.17) is 4.52 Å². The summed E-state index contributed by atoms with van der Waals surface area (Å²) in [7, 11) is 0. The first-order valence-corrected chi connectivity index (χ1v) is 9.52. The van der Waals surface area contributed by atoms with Crippen LogP contribution in [0.4, 0.5) is 5.13 Å². The van der Waals surface area contributed by atoms with Crippen LogP contribution >= 0.6 is 27.3 Å². The Balaban J connectivity index is 1.75. The van der Waals surface area contributed by atoms with Crippen molar-refractivity contribution in [2.45, 2.75) is 33.1 Å². The predicted molar refractivity (Wildman–Crippen MR) is 102 cm³/mol. The van der Waals surface area contributed by atoms with E-state index in [2.05, 4.69) is 37.5 Å². The van der Waals surface area contributed by atoms with Gasteiger partial charge in [-0.15, -0.1) is 11.3 Å². The molecule has 0 spiro atoms. The summed E-state index contributed by atoms with van der Waals surface area (Å²) in [5.74, 6) is 0.452. The number of benzene rings is 1. The van der Waals surface area contributed by atoms with E-state index in [1.165, 1.54) is 16.9 Å². The number of amides is 1. The van der Waals surface area contributed by atoms with Crippen molar-refractivity contribution in [3.8, 4) is 0 Å². The van der Waals surface area contributed by atoms with Gasteiger partial charge in [0.25, 0.3) is 5.91 Å². The number of aryl methyl sites for hydroxylation is 1. The van der Waals surface area contributed by atoms with E-state index in [1.54, 1.807) is 13.1 Å². The molecule has 2 heterocycles. The highest BCUT2D eigenvalue weighted by Crippen LogP contribution is 2.27. The van der Waals surface area contributed by atoms with Gasteiger partial charge in [0.1, 0.15) is 5.56 Å². The molecule has 2 aromatic heterocycles. The van der Waals surface area contributed by atoms with Crippen LogP contribution in [0.1, 0.15) is 52.0 Å². The average Bonchev–Trinajstić information content (AvgIpc) is 3.16.